The first kappa shape index (κ1) is 35.2. The third-order valence-electron chi connectivity index (χ3n) is 22.9. The molecule has 4 heteroatoms. The lowest BCUT2D eigenvalue weighted by Crippen LogP contribution is -2.48. The molecule has 0 saturated heterocycles. The third-order valence-corrected chi connectivity index (χ3v) is 22.9. The van der Waals surface area contributed by atoms with Crippen LogP contribution in [0.1, 0.15) is 186 Å². The van der Waals surface area contributed by atoms with Crippen molar-refractivity contribution in [2.24, 2.45) is 47.3 Å². The number of Topliss-reactive ketones (excluding diaryl/α,β-unsaturated/α-hetero) is 2. The van der Waals surface area contributed by atoms with E-state index < -0.39 is 0 Å². The molecule has 9 aromatic rings. The van der Waals surface area contributed by atoms with Crippen LogP contribution in [0, 0.1) is 47.3 Å². The van der Waals surface area contributed by atoms with Crippen molar-refractivity contribution >= 4 is 87.8 Å². The minimum atomic E-state index is 0.104. The van der Waals surface area contributed by atoms with Crippen molar-refractivity contribution in [1.29, 1.82) is 0 Å². The van der Waals surface area contributed by atoms with Gasteiger partial charge in [0.15, 0.2) is 11.6 Å². The monoisotopic (exact) mass is 890 g/mol. The highest BCUT2D eigenvalue weighted by Gasteiger charge is 2.53. The number of hydrogen-bond donors (Lipinski definition) is 0. The zero-order chi connectivity index (χ0) is 45.6. The van der Waals surface area contributed by atoms with E-state index in [1.807, 2.05) is 0 Å². The lowest BCUT2D eigenvalue weighted by molar-refractivity contribution is -0.00520. The van der Waals surface area contributed by atoms with Gasteiger partial charge < -0.3 is 8.80 Å². The van der Waals surface area contributed by atoms with Crippen molar-refractivity contribution in [3.8, 4) is 0 Å². The molecule has 12 bridgehead atoms. The Bertz CT molecular complexity index is 3630. The van der Waals surface area contributed by atoms with Gasteiger partial charge in [0.25, 0.3) is 0 Å². The van der Waals surface area contributed by atoms with Gasteiger partial charge in [0, 0.05) is 66.1 Å². The second kappa shape index (κ2) is 12.0. The molecule has 4 nitrogen and oxygen atoms in total. The molecule has 0 atom stereocenters. The van der Waals surface area contributed by atoms with E-state index in [0.717, 1.165) is 153 Å². The fourth-order valence-electron chi connectivity index (χ4n) is 20.9. The van der Waals surface area contributed by atoms with Crippen molar-refractivity contribution in [3.63, 3.8) is 0 Å². The summed E-state index contributed by atoms with van der Waals surface area (Å²) < 4.78 is 26.6. The smallest absolute Gasteiger partial charge is 0.166 e. The molecule has 0 amide bonds. The standard InChI is InChI=1S/C64H60N2O2/c67-61-39-5-1-37(2-6-39)43-19-45-49-15-41(63-25-31-9-32(26-63)11-33(10-31)27-63)17-51-47-22-56-48(21-55(47)65(59(49)51)57(45)23-53(43)61)52-18-42(64-28-34-12-35(29-64)14-36(13-34)30-64)16-50-46-20-44-38-3-7-40(8-4-38)62(68)54(44)24-58(46)66(56)60(50)52/h15-24,31-40H,1-14,25-30H2/i21D,22D. The Labute approximate surface area is 399 Å². The molecule has 10 fully saturated rings. The fourth-order valence-corrected chi connectivity index (χ4v) is 20.9. The predicted molar refractivity (Wildman–Crippen MR) is 274 cm³/mol. The summed E-state index contributed by atoms with van der Waals surface area (Å²) in [6, 6.07) is 20.7. The Morgan fingerprint density at radius 1 is 0.382 bits per heavy atom. The van der Waals surface area contributed by atoms with Gasteiger partial charge in [0.2, 0.25) is 0 Å². The van der Waals surface area contributed by atoms with Crippen LogP contribution in [0.4, 0.5) is 0 Å². The number of nitrogens with zero attached hydrogens (tertiary/aromatic N) is 2. The molecule has 14 aliphatic rings. The van der Waals surface area contributed by atoms with Crippen molar-refractivity contribution in [2.45, 2.75) is 151 Å². The van der Waals surface area contributed by atoms with E-state index in [1.54, 1.807) is 0 Å². The lowest BCUT2D eigenvalue weighted by atomic mass is 9.48. The van der Waals surface area contributed by atoms with Gasteiger partial charge in [-0.2, -0.15) is 0 Å². The fraction of sp³-hybridized carbons (Fsp3) is 0.500. The van der Waals surface area contributed by atoms with Crippen LogP contribution in [0.25, 0.3) is 76.2 Å². The molecule has 0 N–H and O–H groups in total. The number of aromatic nitrogens is 2. The quantitative estimate of drug-likeness (QED) is 0.174. The average Bonchev–Trinajstić information content (AvgIpc) is 4.00. The van der Waals surface area contributed by atoms with E-state index in [1.165, 1.54) is 121 Å². The molecule has 0 unspecified atom stereocenters. The van der Waals surface area contributed by atoms with Crippen LogP contribution < -0.4 is 0 Å². The zero-order valence-corrected chi connectivity index (χ0v) is 39.2. The maximum Gasteiger partial charge on any atom is 0.166 e. The molecule has 14 aliphatic carbocycles. The highest BCUT2D eigenvalue weighted by molar-refractivity contribution is 6.30. The Hall–Kier alpha value is -4.96. The minimum Gasteiger partial charge on any atom is -0.308 e. The van der Waals surface area contributed by atoms with Crippen LogP contribution in [0.2, 0.25) is 0 Å². The second-order valence-electron chi connectivity index (χ2n) is 26.3. The summed E-state index contributed by atoms with van der Waals surface area (Å²) in [4.78, 5) is 29.1. The van der Waals surface area contributed by atoms with Crippen LogP contribution in [0.5, 0.6) is 0 Å². The Balaban J connectivity index is 0.977. The van der Waals surface area contributed by atoms with Crippen molar-refractivity contribution in [2.75, 3.05) is 0 Å². The third kappa shape index (κ3) is 4.34. The van der Waals surface area contributed by atoms with Crippen LogP contribution in [-0.4, -0.2) is 20.4 Å². The van der Waals surface area contributed by atoms with Crippen molar-refractivity contribution in [1.82, 2.24) is 8.80 Å². The molecule has 5 aromatic carbocycles. The molecule has 0 aliphatic heterocycles. The number of hydrogen-bond acceptors (Lipinski definition) is 2. The molecule has 68 heavy (non-hydrogen) atoms. The summed E-state index contributed by atoms with van der Waals surface area (Å²) in [7, 11) is 0. The van der Waals surface area contributed by atoms with E-state index in [9.17, 15) is 12.3 Å². The summed E-state index contributed by atoms with van der Waals surface area (Å²) >= 11 is 0. The van der Waals surface area contributed by atoms with Gasteiger partial charge in [-0.05, 0) is 269 Å². The van der Waals surface area contributed by atoms with Gasteiger partial charge >= 0.3 is 0 Å². The van der Waals surface area contributed by atoms with Gasteiger partial charge in [0.1, 0.15) is 0 Å². The van der Waals surface area contributed by atoms with Crippen LogP contribution in [0.3, 0.4) is 0 Å². The van der Waals surface area contributed by atoms with Crippen molar-refractivity contribution in [3.05, 3.63) is 94.0 Å². The minimum absolute atomic E-state index is 0.104. The van der Waals surface area contributed by atoms with Gasteiger partial charge in [0.05, 0.1) is 35.8 Å². The summed E-state index contributed by atoms with van der Waals surface area (Å²) in [5.41, 5.74) is 13.6. The molecule has 4 heterocycles. The first-order chi connectivity index (χ1) is 34.2. The lowest BCUT2D eigenvalue weighted by Gasteiger charge is -2.57. The zero-order valence-electron chi connectivity index (χ0n) is 41.2. The number of carbonyl (C=O) groups excluding carboxylic acids is 2. The molecular weight excluding hydrogens is 829 g/mol. The molecule has 23 rings (SSSR count). The van der Waals surface area contributed by atoms with Crippen LogP contribution >= 0.6 is 0 Å². The second-order valence-corrected chi connectivity index (χ2v) is 26.3. The Kier molecular flexibility index (Phi) is 6.19. The number of fused-ring (bicyclic) bond motifs is 16. The van der Waals surface area contributed by atoms with Gasteiger partial charge in [-0.1, -0.05) is 0 Å². The molecule has 0 radical (unpaired) electrons. The molecule has 10 saturated carbocycles. The normalized spacial score (nSPS) is 37.1. The highest BCUT2D eigenvalue weighted by Crippen LogP contribution is 2.64. The maximum atomic E-state index is 14.5. The number of rotatable bonds is 2. The number of benzene rings is 5. The van der Waals surface area contributed by atoms with E-state index in [2.05, 4.69) is 57.3 Å². The SMILES string of the molecule is [2H]c1c2c3cc(C45CC6CC(CC(C6)C4)C5)cc4c5cc6c(cc5n(c2c([2H])c2c5cc(C78CC9CC(CC(C9)C7)C8)cc7c8cc9c(cc8n(c12)c75)C(=O)C1CCC9CC1)c43)C(=O)C1CCC6CC1. The summed E-state index contributed by atoms with van der Waals surface area (Å²) in [5.74, 6) is 6.53. The summed E-state index contributed by atoms with van der Waals surface area (Å²) in [6.45, 7) is 0. The topological polar surface area (TPSA) is 43.0 Å². The van der Waals surface area contributed by atoms with Crippen LogP contribution in [0.15, 0.2) is 60.6 Å². The molecule has 0 spiro atoms. The molecule has 4 aromatic heterocycles. The summed E-state index contributed by atoms with van der Waals surface area (Å²) in [6.07, 6.45) is 24.3. The van der Waals surface area contributed by atoms with Crippen molar-refractivity contribution < 1.29 is 12.3 Å². The van der Waals surface area contributed by atoms with Gasteiger partial charge in [-0.15, -0.1) is 0 Å². The average molecular weight is 891 g/mol. The number of carbonyl (C=O) groups is 2. The largest absolute Gasteiger partial charge is 0.308 e. The van der Waals surface area contributed by atoms with Gasteiger partial charge in [-0.3, -0.25) is 9.59 Å². The van der Waals surface area contributed by atoms with Gasteiger partial charge in [-0.25, -0.2) is 0 Å². The van der Waals surface area contributed by atoms with E-state index in [4.69, 9.17) is 0 Å². The predicted octanol–water partition coefficient (Wildman–Crippen LogP) is 15.9. The van der Waals surface area contributed by atoms with E-state index in [0.29, 0.717) is 35.5 Å². The number of ketones is 2. The Morgan fingerprint density at radius 2 is 0.706 bits per heavy atom. The first-order valence-corrected chi connectivity index (χ1v) is 27.8. The highest BCUT2D eigenvalue weighted by atomic mass is 16.1. The van der Waals surface area contributed by atoms with E-state index in [-0.39, 0.29) is 22.7 Å². The molecule has 338 valence electrons. The van der Waals surface area contributed by atoms with E-state index >= 15 is 0 Å². The maximum absolute atomic E-state index is 14.5. The molecular formula is C64H60N2O2. The first-order valence-electron chi connectivity index (χ1n) is 28.8. The Morgan fingerprint density at radius 3 is 1.06 bits per heavy atom. The van der Waals surface area contributed by atoms with Crippen LogP contribution in [-0.2, 0) is 10.8 Å². The summed E-state index contributed by atoms with van der Waals surface area (Å²) in [5, 5.41) is 9.03.